The average molecular weight is 139 g/mol. The van der Waals surface area contributed by atoms with E-state index in [0.29, 0.717) is 11.5 Å². The van der Waals surface area contributed by atoms with E-state index in [9.17, 15) is 0 Å². The summed E-state index contributed by atoms with van der Waals surface area (Å²) in [5.41, 5.74) is 0. The van der Waals surface area contributed by atoms with Gasteiger partial charge in [0.25, 0.3) is 0 Å². The van der Waals surface area contributed by atoms with E-state index in [1.165, 1.54) is 0 Å². The highest BCUT2D eigenvalue weighted by atomic mass is 35.5. The second-order valence-corrected chi connectivity index (χ2v) is 2.78. The lowest BCUT2D eigenvalue weighted by atomic mass is 10.3. The molecule has 0 aliphatic carbocycles. The van der Waals surface area contributed by atoms with E-state index in [0.717, 1.165) is 0 Å². The van der Waals surface area contributed by atoms with Crippen LogP contribution in [0.4, 0.5) is 0 Å². The molecule has 0 aliphatic heterocycles. The lowest BCUT2D eigenvalue weighted by molar-refractivity contribution is 0.957. The van der Waals surface area contributed by atoms with Crippen molar-refractivity contribution in [3.8, 4) is 0 Å². The number of allylic oxidation sites excluding steroid dienone is 1. The van der Waals surface area contributed by atoms with Crippen LogP contribution in [0, 0.1) is 0 Å². The zero-order valence-electron chi connectivity index (χ0n) is 4.25. The molecule has 7 heavy (non-hydrogen) atoms. The van der Waals surface area contributed by atoms with Gasteiger partial charge >= 0.3 is 0 Å². The van der Waals surface area contributed by atoms with Gasteiger partial charge in [0.05, 0.1) is 0 Å². The highest BCUT2D eigenvalue weighted by molar-refractivity contribution is 6.30. The first-order valence-corrected chi connectivity index (χ1v) is 2.91. The van der Waals surface area contributed by atoms with Gasteiger partial charge in [-0.3, -0.25) is 0 Å². The van der Waals surface area contributed by atoms with Gasteiger partial charge < -0.3 is 0 Å². The molecule has 0 saturated carbocycles. The fourth-order valence-corrected chi connectivity index (χ4v) is 0.802. The predicted molar refractivity (Wildman–Crippen MR) is 34.9 cm³/mol. The molecule has 1 unspecified atom stereocenters. The first-order chi connectivity index (χ1) is 3.13. The first-order valence-electron chi connectivity index (χ1n) is 2.10. The molecule has 0 amide bonds. The summed E-state index contributed by atoms with van der Waals surface area (Å²) >= 11 is 10.9. The van der Waals surface area contributed by atoms with Crippen LogP contribution in [0.1, 0.15) is 13.3 Å². The Kier molecular flexibility index (Phi) is 3.49. The van der Waals surface area contributed by atoms with Crippen LogP contribution in [0.2, 0.25) is 0 Å². The van der Waals surface area contributed by atoms with Crippen molar-refractivity contribution in [2.45, 2.75) is 18.7 Å². The van der Waals surface area contributed by atoms with Crippen LogP contribution in [0.15, 0.2) is 11.6 Å². The summed E-state index contributed by atoms with van der Waals surface area (Å²) in [7, 11) is 0. The van der Waals surface area contributed by atoms with Gasteiger partial charge in [-0.25, -0.2) is 0 Å². The summed E-state index contributed by atoms with van der Waals surface area (Å²) in [5.74, 6) is 0. The van der Waals surface area contributed by atoms with Gasteiger partial charge in [0.1, 0.15) is 0 Å². The standard InChI is InChI=1S/C5H8Cl2/c1-4(6)3-5(2)7/h5H,1,3H2,2H3. The van der Waals surface area contributed by atoms with Gasteiger partial charge in [-0.1, -0.05) is 18.2 Å². The molecule has 0 aliphatic rings. The van der Waals surface area contributed by atoms with E-state index >= 15 is 0 Å². The van der Waals surface area contributed by atoms with Gasteiger partial charge in [0.15, 0.2) is 0 Å². The van der Waals surface area contributed by atoms with Crippen molar-refractivity contribution in [3.63, 3.8) is 0 Å². The monoisotopic (exact) mass is 138 g/mol. The lowest BCUT2D eigenvalue weighted by Crippen LogP contribution is -1.87. The molecule has 0 rings (SSSR count). The summed E-state index contributed by atoms with van der Waals surface area (Å²) in [6.45, 7) is 5.36. The zero-order chi connectivity index (χ0) is 5.86. The Bertz CT molecular complexity index is 66.5. The van der Waals surface area contributed by atoms with Gasteiger partial charge in [0, 0.05) is 10.4 Å². The zero-order valence-corrected chi connectivity index (χ0v) is 5.76. The van der Waals surface area contributed by atoms with Crippen molar-refractivity contribution in [2.24, 2.45) is 0 Å². The fourth-order valence-electron chi connectivity index (χ4n) is 0.305. The van der Waals surface area contributed by atoms with Crippen molar-refractivity contribution in [2.75, 3.05) is 0 Å². The van der Waals surface area contributed by atoms with E-state index in [1.54, 1.807) is 0 Å². The molecule has 0 spiro atoms. The highest BCUT2D eigenvalue weighted by Crippen LogP contribution is 2.10. The molecular formula is C5H8Cl2. The van der Waals surface area contributed by atoms with Crippen LogP contribution < -0.4 is 0 Å². The van der Waals surface area contributed by atoms with Crippen LogP contribution in [-0.4, -0.2) is 5.38 Å². The Morgan fingerprint density at radius 3 is 2.29 bits per heavy atom. The molecule has 0 aromatic carbocycles. The molecule has 0 aromatic heterocycles. The van der Waals surface area contributed by atoms with Crippen molar-refractivity contribution < 1.29 is 0 Å². The van der Waals surface area contributed by atoms with Gasteiger partial charge in [0.2, 0.25) is 0 Å². The van der Waals surface area contributed by atoms with Crippen LogP contribution in [0.25, 0.3) is 0 Å². The number of hydrogen-bond donors (Lipinski definition) is 0. The van der Waals surface area contributed by atoms with Crippen molar-refractivity contribution in [1.82, 2.24) is 0 Å². The number of hydrogen-bond acceptors (Lipinski definition) is 0. The number of alkyl halides is 1. The molecule has 0 fully saturated rings. The van der Waals surface area contributed by atoms with Crippen LogP contribution in [0.3, 0.4) is 0 Å². The van der Waals surface area contributed by atoms with Crippen LogP contribution in [0.5, 0.6) is 0 Å². The maximum absolute atomic E-state index is 5.53. The van der Waals surface area contributed by atoms with Crippen molar-refractivity contribution in [1.29, 1.82) is 0 Å². The molecule has 0 aromatic rings. The molecule has 1 atom stereocenters. The largest absolute Gasteiger partial charge is 0.123 e. The Morgan fingerprint density at radius 1 is 1.86 bits per heavy atom. The lowest BCUT2D eigenvalue weighted by Gasteiger charge is -1.95. The maximum atomic E-state index is 5.53. The number of rotatable bonds is 2. The molecule has 42 valence electrons. The molecule has 0 heterocycles. The third-order valence-electron chi connectivity index (χ3n) is 0.503. The van der Waals surface area contributed by atoms with E-state index in [-0.39, 0.29) is 5.38 Å². The summed E-state index contributed by atoms with van der Waals surface area (Å²) < 4.78 is 0. The average Bonchev–Trinajstić information content (AvgIpc) is 1.27. The summed E-state index contributed by atoms with van der Waals surface area (Å²) in [6.07, 6.45) is 0.698. The molecule has 0 N–H and O–H groups in total. The molecular weight excluding hydrogens is 131 g/mol. The van der Waals surface area contributed by atoms with Crippen LogP contribution in [-0.2, 0) is 0 Å². The van der Waals surface area contributed by atoms with Crippen molar-refractivity contribution >= 4 is 23.2 Å². The SMILES string of the molecule is C=C(Cl)CC(C)Cl. The molecule has 0 bridgehead atoms. The Morgan fingerprint density at radius 2 is 2.29 bits per heavy atom. The summed E-state index contributed by atoms with van der Waals surface area (Å²) in [5, 5.41) is 0.743. The quantitative estimate of drug-likeness (QED) is 0.516. The normalized spacial score (nSPS) is 13.6. The third kappa shape index (κ3) is 6.32. The molecule has 0 radical (unpaired) electrons. The van der Waals surface area contributed by atoms with E-state index < -0.39 is 0 Å². The second kappa shape index (κ2) is 3.34. The topological polar surface area (TPSA) is 0 Å². The minimum atomic E-state index is 0.116. The van der Waals surface area contributed by atoms with Crippen molar-refractivity contribution in [3.05, 3.63) is 11.6 Å². The van der Waals surface area contributed by atoms with E-state index in [1.807, 2.05) is 6.92 Å². The van der Waals surface area contributed by atoms with Gasteiger partial charge in [-0.15, -0.1) is 11.6 Å². The Labute approximate surface area is 54.1 Å². The second-order valence-electron chi connectivity index (χ2n) is 1.50. The highest BCUT2D eigenvalue weighted by Gasteiger charge is 1.94. The predicted octanol–water partition coefficient (Wildman–Crippen LogP) is 2.76. The molecule has 2 heteroatoms. The minimum Gasteiger partial charge on any atom is -0.123 e. The first kappa shape index (κ1) is 7.32. The van der Waals surface area contributed by atoms with E-state index in [4.69, 9.17) is 23.2 Å². The number of halogens is 2. The Hall–Kier alpha value is 0.320. The minimum absolute atomic E-state index is 0.116. The fraction of sp³-hybridized carbons (Fsp3) is 0.600. The van der Waals surface area contributed by atoms with Gasteiger partial charge in [-0.2, -0.15) is 0 Å². The summed E-state index contributed by atoms with van der Waals surface area (Å²) in [4.78, 5) is 0. The molecule has 0 saturated heterocycles. The molecule has 0 nitrogen and oxygen atoms in total. The van der Waals surface area contributed by atoms with E-state index in [2.05, 4.69) is 6.58 Å². The maximum Gasteiger partial charge on any atom is 0.0356 e. The van der Waals surface area contributed by atoms with Gasteiger partial charge in [-0.05, 0) is 13.3 Å². The van der Waals surface area contributed by atoms with Crippen LogP contribution >= 0.6 is 23.2 Å². The summed E-state index contributed by atoms with van der Waals surface area (Å²) in [6, 6.07) is 0. The third-order valence-corrected chi connectivity index (χ3v) is 0.811. The smallest absolute Gasteiger partial charge is 0.0356 e. The Balaban J connectivity index is 3.13.